The van der Waals surface area contributed by atoms with Gasteiger partial charge >= 0.3 is 12.3 Å². The lowest BCUT2D eigenvalue weighted by Gasteiger charge is -2.20. The molecule has 0 saturated carbocycles. The van der Waals surface area contributed by atoms with Gasteiger partial charge in [-0.15, -0.1) is 0 Å². The Balaban J connectivity index is 2.76. The van der Waals surface area contributed by atoms with Gasteiger partial charge in [-0.1, -0.05) is 0 Å². The summed E-state index contributed by atoms with van der Waals surface area (Å²) < 4.78 is 66.8. The summed E-state index contributed by atoms with van der Waals surface area (Å²) >= 11 is 1.19. The lowest BCUT2D eigenvalue weighted by atomic mass is 10.3. The predicted octanol–water partition coefficient (Wildman–Crippen LogP) is 3.45. The van der Waals surface area contributed by atoms with Gasteiger partial charge in [-0.05, 0) is 43.3 Å². The minimum Gasteiger partial charge on any atom is -0.426 e. The molecule has 2 nitrogen and oxygen atoms in total. The van der Waals surface area contributed by atoms with Crippen molar-refractivity contribution in [1.82, 2.24) is 4.72 Å². The summed E-state index contributed by atoms with van der Waals surface area (Å²) in [5, 5.41) is 0. The van der Waals surface area contributed by atoms with Crippen molar-refractivity contribution in [3.63, 3.8) is 0 Å². The average Bonchev–Trinajstić information content (AvgIpc) is 2.19. The minimum atomic E-state index is -5.73. The van der Waals surface area contributed by atoms with Crippen LogP contribution in [0.2, 0.25) is 0 Å². The molecule has 1 aromatic carbocycles. The van der Waals surface area contributed by atoms with E-state index >= 15 is 0 Å². The molecule has 1 N–H and O–H groups in total. The number of rotatable bonds is 4. The van der Waals surface area contributed by atoms with Gasteiger partial charge in [-0.3, -0.25) is 4.72 Å². The molecule has 1 aromatic rings. The first-order valence-electron chi connectivity index (χ1n) is 4.33. The first-order chi connectivity index (χ1) is 7.76. The van der Waals surface area contributed by atoms with Gasteiger partial charge in [-0.25, -0.2) is 0 Å². The summed E-state index contributed by atoms with van der Waals surface area (Å²) in [5.41, 5.74) is 0. The van der Waals surface area contributed by atoms with E-state index in [1.165, 1.54) is 24.1 Å². The van der Waals surface area contributed by atoms with Crippen LogP contribution in [0.1, 0.15) is 0 Å². The highest BCUT2D eigenvalue weighted by molar-refractivity contribution is 7.97. The van der Waals surface area contributed by atoms with Crippen LogP contribution in [0.3, 0.4) is 0 Å². The predicted molar refractivity (Wildman–Crippen MR) is 53.0 cm³/mol. The normalized spacial score (nSPS) is 12.6. The van der Waals surface area contributed by atoms with E-state index in [-0.39, 0.29) is 0 Å². The fourth-order valence-corrected chi connectivity index (χ4v) is 1.41. The van der Waals surface area contributed by atoms with Gasteiger partial charge < -0.3 is 4.74 Å². The van der Waals surface area contributed by atoms with Crippen LogP contribution < -0.4 is 9.46 Å². The Morgan fingerprint density at radius 3 is 2.00 bits per heavy atom. The molecule has 0 spiro atoms. The van der Waals surface area contributed by atoms with Crippen LogP contribution in [0.15, 0.2) is 29.2 Å². The number of benzene rings is 1. The minimum absolute atomic E-state index is 0.548. The third-order valence-electron chi connectivity index (χ3n) is 1.62. The van der Waals surface area contributed by atoms with Gasteiger partial charge in [0, 0.05) is 4.90 Å². The van der Waals surface area contributed by atoms with E-state index in [2.05, 4.69) is 9.46 Å². The summed E-state index contributed by atoms with van der Waals surface area (Å²) in [6.45, 7) is 0. The largest absolute Gasteiger partial charge is 0.499 e. The Bertz CT molecular complexity index is 365. The van der Waals surface area contributed by atoms with Crippen LogP contribution in [0.5, 0.6) is 5.75 Å². The van der Waals surface area contributed by atoms with Crippen molar-refractivity contribution in [1.29, 1.82) is 0 Å². The highest BCUT2D eigenvalue weighted by Crippen LogP contribution is 2.37. The second kappa shape index (κ2) is 5.09. The first kappa shape index (κ1) is 14.0. The molecule has 0 aliphatic carbocycles. The summed E-state index contributed by atoms with van der Waals surface area (Å²) in [5.74, 6) is -0.548. The molecule has 0 fully saturated rings. The molecule has 0 atom stereocenters. The Kier molecular flexibility index (Phi) is 4.21. The van der Waals surface area contributed by atoms with Gasteiger partial charge in [0.15, 0.2) is 0 Å². The van der Waals surface area contributed by atoms with E-state index in [0.717, 1.165) is 12.1 Å². The van der Waals surface area contributed by atoms with Gasteiger partial charge in [-0.2, -0.15) is 22.0 Å². The maximum atomic E-state index is 12.5. The maximum absolute atomic E-state index is 12.5. The monoisotopic (exact) mass is 273 g/mol. The van der Waals surface area contributed by atoms with E-state index in [9.17, 15) is 22.0 Å². The van der Waals surface area contributed by atoms with Crippen LogP contribution in [0.4, 0.5) is 22.0 Å². The highest BCUT2D eigenvalue weighted by atomic mass is 32.2. The Morgan fingerprint density at radius 1 is 1.06 bits per heavy atom. The lowest BCUT2D eigenvalue weighted by molar-refractivity contribution is -0.360. The zero-order valence-electron chi connectivity index (χ0n) is 8.52. The molecule has 0 aliphatic rings. The van der Waals surface area contributed by atoms with Crippen molar-refractivity contribution in [2.24, 2.45) is 0 Å². The molecule has 0 radical (unpaired) electrons. The number of nitrogens with one attached hydrogen (secondary N) is 1. The lowest BCUT2D eigenvalue weighted by Crippen LogP contribution is -2.41. The topological polar surface area (TPSA) is 21.3 Å². The van der Waals surface area contributed by atoms with Gasteiger partial charge in [0.05, 0.1) is 0 Å². The summed E-state index contributed by atoms with van der Waals surface area (Å²) in [7, 11) is 1.65. The number of halogens is 5. The van der Waals surface area contributed by atoms with Crippen molar-refractivity contribution >= 4 is 11.9 Å². The quantitative estimate of drug-likeness (QED) is 0.670. The molecule has 96 valence electrons. The fraction of sp³-hybridized carbons (Fsp3) is 0.333. The third kappa shape index (κ3) is 3.74. The summed E-state index contributed by atoms with van der Waals surface area (Å²) in [6, 6.07) is 4.81. The van der Waals surface area contributed by atoms with E-state index < -0.39 is 18.0 Å². The van der Waals surface area contributed by atoms with Gasteiger partial charge in [0.2, 0.25) is 0 Å². The van der Waals surface area contributed by atoms with Crippen LogP contribution in [-0.2, 0) is 0 Å². The Labute approximate surface area is 98.3 Å². The van der Waals surface area contributed by atoms with E-state index in [1.54, 1.807) is 7.05 Å². The molecule has 0 unspecified atom stereocenters. The molecule has 17 heavy (non-hydrogen) atoms. The molecule has 0 aromatic heterocycles. The van der Waals surface area contributed by atoms with Crippen molar-refractivity contribution in [2.45, 2.75) is 17.2 Å². The molecule has 1 rings (SSSR count). The van der Waals surface area contributed by atoms with E-state index in [4.69, 9.17) is 0 Å². The molecule has 0 bridgehead atoms. The van der Waals surface area contributed by atoms with Crippen molar-refractivity contribution < 1.29 is 26.7 Å². The standard InChI is InChI=1S/C9H8F5NOS/c1-15-17-7-4-2-6(3-5-7)16-9(13,14)8(10,11)12/h2-5,15H,1H3. The van der Waals surface area contributed by atoms with Crippen molar-refractivity contribution in [3.05, 3.63) is 24.3 Å². The van der Waals surface area contributed by atoms with E-state index in [1.807, 2.05) is 0 Å². The molecule has 0 amide bonds. The van der Waals surface area contributed by atoms with Crippen molar-refractivity contribution in [3.8, 4) is 5.75 Å². The maximum Gasteiger partial charge on any atom is 0.499 e. The number of hydrogen-bond acceptors (Lipinski definition) is 3. The molecular weight excluding hydrogens is 265 g/mol. The Morgan fingerprint density at radius 2 is 1.59 bits per heavy atom. The summed E-state index contributed by atoms with van der Waals surface area (Å²) in [4.78, 5) is 0.662. The van der Waals surface area contributed by atoms with Crippen LogP contribution in [0, 0.1) is 0 Å². The third-order valence-corrected chi connectivity index (χ3v) is 2.33. The molecule has 0 aliphatic heterocycles. The number of ether oxygens (including phenoxy) is 1. The molecule has 0 heterocycles. The van der Waals surface area contributed by atoms with E-state index in [0.29, 0.717) is 4.90 Å². The van der Waals surface area contributed by atoms with Crippen molar-refractivity contribution in [2.75, 3.05) is 7.05 Å². The second-order valence-corrected chi connectivity index (χ2v) is 3.98. The SMILES string of the molecule is CNSc1ccc(OC(F)(F)C(F)(F)F)cc1. The highest BCUT2D eigenvalue weighted by Gasteiger charge is 2.61. The zero-order valence-corrected chi connectivity index (χ0v) is 9.33. The summed E-state index contributed by atoms with van der Waals surface area (Å²) in [6.07, 6.45) is -10.9. The molecular formula is C9H8F5NOS. The van der Waals surface area contributed by atoms with Crippen LogP contribution in [-0.4, -0.2) is 19.3 Å². The first-order valence-corrected chi connectivity index (χ1v) is 5.15. The Hall–Kier alpha value is -1.02. The fourth-order valence-electron chi connectivity index (χ4n) is 0.899. The molecule has 8 heteroatoms. The number of hydrogen-bond donors (Lipinski definition) is 1. The van der Waals surface area contributed by atoms with Gasteiger partial charge in [0.1, 0.15) is 5.75 Å². The number of alkyl halides is 5. The zero-order chi connectivity index (χ0) is 13.1. The second-order valence-electron chi connectivity index (χ2n) is 2.89. The van der Waals surface area contributed by atoms with Crippen LogP contribution in [0.25, 0.3) is 0 Å². The van der Waals surface area contributed by atoms with Crippen LogP contribution >= 0.6 is 11.9 Å². The average molecular weight is 273 g/mol. The van der Waals surface area contributed by atoms with Gasteiger partial charge in [0.25, 0.3) is 0 Å². The smallest absolute Gasteiger partial charge is 0.426 e. The molecule has 0 saturated heterocycles.